The van der Waals surface area contributed by atoms with Gasteiger partial charge in [-0.1, -0.05) is 51.0 Å². The number of allylic oxidation sites excluding steroid dienone is 4. The predicted molar refractivity (Wildman–Crippen MR) is 77.2 cm³/mol. The first kappa shape index (κ1) is 16.4. The van der Waals surface area contributed by atoms with Crippen LogP contribution in [0.2, 0.25) is 0 Å². The molecule has 0 aliphatic heterocycles. The highest BCUT2D eigenvalue weighted by Crippen LogP contribution is 2.13. The molecule has 0 fully saturated rings. The fourth-order valence-electron chi connectivity index (χ4n) is 1.76. The van der Waals surface area contributed by atoms with Crippen LogP contribution in [0.5, 0.6) is 0 Å². The molecule has 2 unspecified atom stereocenters. The largest absolute Gasteiger partial charge is 0.381 e. The third-order valence-electron chi connectivity index (χ3n) is 3.27. The second-order valence-corrected chi connectivity index (χ2v) is 4.70. The van der Waals surface area contributed by atoms with E-state index in [0.717, 1.165) is 26.1 Å². The first-order valence-electron chi connectivity index (χ1n) is 7.08. The van der Waals surface area contributed by atoms with Gasteiger partial charge in [0.2, 0.25) is 0 Å². The van der Waals surface area contributed by atoms with Crippen LogP contribution in [0.15, 0.2) is 24.3 Å². The van der Waals surface area contributed by atoms with Gasteiger partial charge in [0.25, 0.3) is 0 Å². The minimum absolute atomic E-state index is 0.686. The highest BCUT2D eigenvalue weighted by Gasteiger charge is 2.08. The molecule has 0 heterocycles. The van der Waals surface area contributed by atoms with Crippen LogP contribution in [0.1, 0.15) is 53.4 Å². The van der Waals surface area contributed by atoms with Gasteiger partial charge in [0.15, 0.2) is 0 Å². The Morgan fingerprint density at radius 3 is 1.53 bits per heavy atom. The second kappa shape index (κ2) is 11.9. The van der Waals surface area contributed by atoms with E-state index in [-0.39, 0.29) is 0 Å². The zero-order chi connectivity index (χ0) is 12.9. The summed E-state index contributed by atoms with van der Waals surface area (Å²) in [6.45, 7) is 10.5. The van der Waals surface area contributed by atoms with Gasteiger partial charge in [-0.25, -0.2) is 0 Å². The van der Waals surface area contributed by atoms with Gasteiger partial charge in [-0.3, -0.25) is 0 Å². The monoisotopic (exact) mass is 238 g/mol. The molecular weight excluding hydrogens is 208 g/mol. The fraction of sp³-hybridized carbons (Fsp3) is 0.750. The molecule has 0 radical (unpaired) electrons. The van der Waals surface area contributed by atoms with Crippen molar-refractivity contribution in [2.24, 2.45) is 11.8 Å². The average molecular weight is 238 g/mol. The van der Waals surface area contributed by atoms with E-state index in [4.69, 9.17) is 4.74 Å². The summed E-state index contributed by atoms with van der Waals surface area (Å²) in [5.41, 5.74) is 0. The Morgan fingerprint density at radius 2 is 1.24 bits per heavy atom. The third-order valence-corrected chi connectivity index (χ3v) is 3.27. The zero-order valence-corrected chi connectivity index (χ0v) is 12.1. The summed E-state index contributed by atoms with van der Waals surface area (Å²) in [6, 6.07) is 0. The highest BCUT2D eigenvalue weighted by atomic mass is 16.5. The lowest BCUT2D eigenvalue weighted by atomic mass is 10.0. The van der Waals surface area contributed by atoms with Crippen LogP contribution in [0.4, 0.5) is 0 Å². The Bertz CT molecular complexity index is 184. The van der Waals surface area contributed by atoms with Crippen molar-refractivity contribution in [2.45, 2.75) is 53.4 Å². The van der Waals surface area contributed by atoms with E-state index in [2.05, 4.69) is 52.0 Å². The molecule has 0 aromatic heterocycles. The van der Waals surface area contributed by atoms with E-state index in [1.807, 2.05) is 0 Å². The van der Waals surface area contributed by atoms with Crippen LogP contribution in [0.25, 0.3) is 0 Å². The molecule has 0 bridgehead atoms. The first-order valence-corrected chi connectivity index (χ1v) is 7.08. The molecule has 0 saturated heterocycles. The SMILES string of the molecule is CC=CCC(CC)COCC(CC)CC=CC. The predicted octanol–water partition coefficient (Wildman–Crippen LogP) is 4.99. The maximum absolute atomic E-state index is 5.87. The lowest BCUT2D eigenvalue weighted by Crippen LogP contribution is -2.14. The van der Waals surface area contributed by atoms with Crippen molar-refractivity contribution in [1.29, 1.82) is 0 Å². The minimum atomic E-state index is 0.686. The smallest absolute Gasteiger partial charge is 0.0497 e. The van der Waals surface area contributed by atoms with E-state index in [1.54, 1.807) is 0 Å². The Kier molecular flexibility index (Phi) is 11.5. The topological polar surface area (TPSA) is 9.23 Å². The Balaban J connectivity index is 3.76. The third kappa shape index (κ3) is 9.17. The van der Waals surface area contributed by atoms with Crippen LogP contribution in [-0.2, 0) is 4.74 Å². The summed E-state index contributed by atoms with van der Waals surface area (Å²) in [7, 11) is 0. The van der Waals surface area contributed by atoms with Gasteiger partial charge in [-0.05, 0) is 38.5 Å². The molecule has 100 valence electrons. The van der Waals surface area contributed by atoms with Gasteiger partial charge in [-0.2, -0.15) is 0 Å². The van der Waals surface area contributed by atoms with Crippen LogP contribution < -0.4 is 0 Å². The van der Waals surface area contributed by atoms with Crippen LogP contribution >= 0.6 is 0 Å². The van der Waals surface area contributed by atoms with Crippen molar-refractivity contribution < 1.29 is 4.74 Å². The Morgan fingerprint density at radius 1 is 0.824 bits per heavy atom. The van der Waals surface area contributed by atoms with E-state index >= 15 is 0 Å². The molecular formula is C16H30O. The van der Waals surface area contributed by atoms with E-state index in [9.17, 15) is 0 Å². The molecule has 0 aromatic rings. The minimum Gasteiger partial charge on any atom is -0.381 e. The van der Waals surface area contributed by atoms with Gasteiger partial charge in [0, 0.05) is 13.2 Å². The first-order chi connectivity index (χ1) is 8.28. The molecule has 0 aromatic carbocycles. The van der Waals surface area contributed by atoms with Crippen molar-refractivity contribution >= 4 is 0 Å². The number of rotatable bonds is 10. The van der Waals surface area contributed by atoms with Crippen LogP contribution in [0, 0.1) is 11.8 Å². The highest BCUT2D eigenvalue weighted by molar-refractivity contribution is 4.81. The van der Waals surface area contributed by atoms with E-state index in [0.29, 0.717) is 11.8 Å². The van der Waals surface area contributed by atoms with E-state index in [1.165, 1.54) is 12.8 Å². The van der Waals surface area contributed by atoms with Gasteiger partial charge >= 0.3 is 0 Å². The molecule has 2 atom stereocenters. The van der Waals surface area contributed by atoms with Crippen molar-refractivity contribution in [2.75, 3.05) is 13.2 Å². The summed E-state index contributed by atoms with van der Waals surface area (Å²) < 4.78 is 5.87. The standard InChI is InChI=1S/C16H30O/c1-5-9-11-15(7-3)13-17-14-16(8-4)12-10-6-2/h5-6,9-10,15-16H,7-8,11-14H2,1-4H3. The van der Waals surface area contributed by atoms with Gasteiger partial charge < -0.3 is 4.74 Å². The molecule has 0 spiro atoms. The normalized spacial score (nSPS) is 15.8. The molecule has 0 amide bonds. The molecule has 1 heteroatoms. The van der Waals surface area contributed by atoms with Crippen molar-refractivity contribution in [3.63, 3.8) is 0 Å². The number of ether oxygens (including phenoxy) is 1. The van der Waals surface area contributed by atoms with Crippen molar-refractivity contribution in [3.05, 3.63) is 24.3 Å². The summed E-state index contributed by atoms with van der Waals surface area (Å²) in [5.74, 6) is 1.37. The molecule has 0 aliphatic rings. The fourth-order valence-corrected chi connectivity index (χ4v) is 1.76. The van der Waals surface area contributed by atoms with Gasteiger partial charge in [-0.15, -0.1) is 0 Å². The quantitative estimate of drug-likeness (QED) is 0.487. The van der Waals surface area contributed by atoms with Crippen LogP contribution in [0.3, 0.4) is 0 Å². The summed E-state index contributed by atoms with van der Waals surface area (Å²) in [6.07, 6.45) is 13.5. The maximum atomic E-state index is 5.87. The molecule has 0 saturated carbocycles. The summed E-state index contributed by atoms with van der Waals surface area (Å²) in [5, 5.41) is 0. The summed E-state index contributed by atoms with van der Waals surface area (Å²) in [4.78, 5) is 0. The molecule has 0 aliphatic carbocycles. The molecule has 0 rings (SSSR count). The maximum Gasteiger partial charge on any atom is 0.0497 e. The van der Waals surface area contributed by atoms with Gasteiger partial charge in [0.1, 0.15) is 0 Å². The Hall–Kier alpha value is -0.560. The molecule has 1 nitrogen and oxygen atoms in total. The lowest BCUT2D eigenvalue weighted by molar-refractivity contribution is 0.0701. The number of hydrogen-bond donors (Lipinski definition) is 0. The van der Waals surface area contributed by atoms with Crippen molar-refractivity contribution in [1.82, 2.24) is 0 Å². The van der Waals surface area contributed by atoms with Gasteiger partial charge in [0.05, 0.1) is 0 Å². The average Bonchev–Trinajstić information content (AvgIpc) is 2.37. The molecule has 0 N–H and O–H groups in total. The Labute approximate surface area is 108 Å². The summed E-state index contributed by atoms with van der Waals surface area (Å²) >= 11 is 0. The number of hydrogen-bond acceptors (Lipinski definition) is 1. The lowest BCUT2D eigenvalue weighted by Gasteiger charge is -2.17. The van der Waals surface area contributed by atoms with Crippen molar-refractivity contribution in [3.8, 4) is 0 Å². The van der Waals surface area contributed by atoms with E-state index < -0.39 is 0 Å². The second-order valence-electron chi connectivity index (χ2n) is 4.70. The zero-order valence-electron chi connectivity index (χ0n) is 12.1. The van der Waals surface area contributed by atoms with Crippen LogP contribution in [-0.4, -0.2) is 13.2 Å². The molecule has 17 heavy (non-hydrogen) atoms.